The van der Waals surface area contributed by atoms with E-state index in [9.17, 15) is 0 Å². The molecular formula is C15H20O2S. The summed E-state index contributed by atoms with van der Waals surface area (Å²) in [6, 6.07) is 8.04. The zero-order chi connectivity index (χ0) is 13.0. The molecule has 0 unspecified atom stereocenters. The third-order valence-electron chi connectivity index (χ3n) is 2.98. The molecule has 1 aliphatic heterocycles. The van der Waals surface area contributed by atoms with Gasteiger partial charge in [-0.2, -0.15) is 0 Å². The number of methoxy groups -OCH3 is 1. The third-order valence-corrected chi connectivity index (χ3v) is 4.35. The number of ether oxygens (including phenoxy) is 2. The topological polar surface area (TPSA) is 18.5 Å². The van der Waals surface area contributed by atoms with Gasteiger partial charge in [-0.15, -0.1) is 11.8 Å². The molecule has 98 valence electrons. The second-order valence-corrected chi connectivity index (χ2v) is 6.80. The molecule has 0 amide bonds. The minimum Gasteiger partial charge on any atom is -0.497 e. The minimum atomic E-state index is 0.163. The van der Waals surface area contributed by atoms with Crippen LogP contribution in [0.15, 0.2) is 30.3 Å². The van der Waals surface area contributed by atoms with E-state index in [1.165, 1.54) is 5.56 Å². The van der Waals surface area contributed by atoms with Gasteiger partial charge in [0.25, 0.3) is 0 Å². The molecule has 1 aliphatic rings. The van der Waals surface area contributed by atoms with Crippen molar-refractivity contribution in [2.45, 2.75) is 30.5 Å². The van der Waals surface area contributed by atoms with Gasteiger partial charge in [0, 0.05) is 11.4 Å². The first kappa shape index (κ1) is 13.5. The zero-order valence-electron chi connectivity index (χ0n) is 11.2. The lowest BCUT2D eigenvalue weighted by molar-refractivity contribution is 0.119. The lowest BCUT2D eigenvalue weighted by Crippen LogP contribution is -2.28. The van der Waals surface area contributed by atoms with E-state index in [1.807, 2.05) is 36.0 Å². The summed E-state index contributed by atoms with van der Waals surface area (Å²) in [6.45, 7) is 5.39. The standard InChI is InChI=1S/C15H20O2S/c1-15(2)10-11-17-14(18-15)9-6-12-4-7-13(16-3)8-5-12/h4-9,14H,10-11H2,1-3H3/b9-6+/t14-/m1/s1. The fourth-order valence-electron chi connectivity index (χ4n) is 1.83. The summed E-state index contributed by atoms with van der Waals surface area (Å²) in [5.41, 5.74) is 1.33. The van der Waals surface area contributed by atoms with Crippen molar-refractivity contribution >= 4 is 17.8 Å². The van der Waals surface area contributed by atoms with Gasteiger partial charge in [-0.05, 0) is 30.2 Å². The van der Waals surface area contributed by atoms with Crippen LogP contribution in [0, 0.1) is 0 Å². The van der Waals surface area contributed by atoms with Gasteiger partial charge < -0.3 is 9.47 Å². The van der Waals surface area contributed by atoms with Gasteiger partial charge in [0.1, 0.15) is 11.2 Å². The molecule has 0 aliphatic carbocycles. The molecule has 0 N–H and O–H groups in total. The highest BCUT2D eigenvalue weighted by molar-refractivity contribution is 8.01. The molecule has 0 aromatic heterocycles. The average Bonchev–Trinajstić information content (AvgIpc) is 2.36. The van der Waals surface area contributed by atoms with Crippen LogP contribution in [0.4, 0.5) is 0 Å². The second kappa shape index (κ2) is 5.81. The Balaban J connectivity index is 1.97. The van der Waals surface area contributed by atoms with Crippen molar-refractivity contribution < 1.29 is 9.47 Å². The fourth-order valence-corrected chi connectivity index (χ4v) is 2.98. The highest BCUT2D eigenvalue weighted by atomic mass is 32.2. The van der Waals surface area contributed by atoms with Crippen LogP contribution in [0.1, 0.15) is 25.8 Å². The first-order chi connectivity index (χ1) is 8.59. The van der Waals surface area contributed by atoms with Crippen molar-refractivity contribution in [2.24, 2.45) is 0 Å². The molecule has 0 saturated carbocycles. The number of hydrogen-bond acceptors (Lipinski definition) is 3. The number of benzene rings is 1. The average molecular weight is 264 g/mol. The molecule has 3 heteroatoms. The van der Waals surface area contributed by atoms with E-state index < -0.39 is 0 Å². The monoisotopic (exact) mass is 264 g/mol. The zero-order valence-corrected chi connectivity index (χ0v) is 12.0. The van der Waals surface area contributed by atoms with Crippen LogP contribution >= 0.6 is 11.8 Å². The molecule has 18 heavy (non-hydrogen) atoms. The van der Waals surface area contributed by atoms with E-state index in [0.29, 0.717) is 4.75 Å². The van der Waals surface area contributed by atoms with Gasteiger partial charge in [-0.1, -0.05) is 32.1 Å². The SMILES string of the molecule is COc1ccc(/C=C/[C@@H]2OCCC(C)(C)S2)cc1. The predicted molar refractivity (Wildman–Crippen MR) is 78.1 cm³/mol. The molecule has 0 bridgehead atoms. The minimum absolute atomic E-state index is 0.163. The van der Waals surface area contributed by atoms with Gasteiger partial charge in [-0.25, -0.2) is 0 Å². The second-order valence-electron chi connectivity index (χ2n) is 5.00. The normalized spacial score (nSPS) is 23.2. The molecule has 1 atom stereocenters. The summed E-state index contributed by atoms with van der Waals surface area (Å²) < 4.78 is 11.2. The van der Waals surface area contributed by atoms with Crippen molar-refractivity contribution in [3.8, 4) is 5.75 Å². The molecule has 1 aromatic carbocycles. The smallest absolute Gasteiger partial charge is 0.122 e. The Morgan fingerprint density at radius 2 is 2.06 bits per heavy atom. The largest absolute Gasteiger partial charge is 0.497 e. The van der Waals surface area contributed by atoms with Crippen LogP contribution in [0.2, 0.25) is 0 Å². The van der Waals surface area contributed by atoms with Crippen LogP contribution in [-0.2, 0) is 4.74 Å². The van der Waals surface area contributed by atoms with E-state index in [1.54, 1.807) is 7.11 Å². The van der Waals surface area contributed by atoms with E-state index in [0.717, 1.165) is 18.8 Å². The van der Waals surface area contributed by atoms with Gasteiger partial charge in [0.2, 0.25) is 0 Å². The van der Waals surface area contributed by atoms with Crippen LogP contribution < -0.4 is 4.74 Å². The molecular weight excluding hydrogens is 244 g/mol. The summed E-state index contributed by atoms with van der Waals surface area (Å²) in [7, 11) is 1.68. The van der Waals surface area contributed by atoms with E-state index >= 15 is 0 Å². The Morgan fingerprint density at radius 1 is 1.33 bits per heavy atom. The first-order valence-corrected chi connectivity index (χ1v) is 7.09. The molecule has 0 spiro atoms. The highest BCUT2D eigenvalue weighted by Crippen LogP contribution is 2.37. The van der Waals surface area contributed by atoms with E-state index in [-0.39, 0.29) is 5.44 Å². The van der Waals surface area contributed by atoms with Gasteiger partial charge >= 0.3 is 0 Å². The maximum absolute atomic E-state index is 5.73. The Kier molecular flexibility index (Phi) is 4.36. The molecule has 1 heterocycles. The van der Waals surface area contributed by atoms with Crippen molar-refractivity contribution in [2.75, 3.05) is 13.7 Å². The summed E-state index contributed by atoms with van der Waals surface area (Å²) in [6.07, 6.45) is 5.36. The summed E-state index contributed by atoms with van der Waals surface area (Å²) in [5.74, 6) is 0.886. The maximum atomic E-state index is 5.73. The highest BCUT2D eigenvalue weighted by Gasteiger charge is 2.27. The van der Waals surface area contributed by atoms with Gasteiger partial charge in [0.05, 0.1) is 7.11 Å². The molecule has 1 saturated heterocycles. The van der Waals surface area contributed by atoms with Crippen molar-refractivity contribution in [1.82, 2.24) is 0 Å². The van der Waals surface area contributed by atoms with Crippen LogP contribution in [0.25, 0.3) is 6.08 Å². The number of rotatable bonds is 3. The Morgan fingerprint density at radius 3 is 2.67 bits per heavy atom. The van der Waals surface area contributed by atoms with Crippen LogP contribution in [0.3, 0.4) is 0 Å². The van der Waals surface area contributed by atoms with E-state index in [2.05, 4.69) is 26.0 Å². The number of hydrogen-bond donors (Lipinski definition) is 0. The Labute approximate surface area is 113 Å². The maximum Gasteiger partial charge on any atom is 0.122 e. The van der Waals surface area contributed by atoms with Crippen molar-refractivity contribution in [1.29, 1.82) is 0 Å². The van der Waals surface area contributed by atoms with E-state index in [4.69, 9.17) is 9.47 Å². The van der Waals surface area contributed by atoms with Crippen molar-refractivity contribution in [3.63, 3.8) is 0 Å². The Bertz CT molecular complexity index is 409. The lowest BCUT2D eigenvalue weighted by atomic mass is 10.1. The molecule has 0 radical (unpaired) electrons. The molecule has 2 rings (SSSR count). The summed E-state index contributed by atoms with van der Waals surface area (Å²) >= 11 is 1.88. The lowest BCUT2D eigenvalue weighted by Gasteiger charge is -2.33. The Hall–Kier alpha value is -0.930. The van der Waals surface area contributed by atoms with Crippen LogP contribution in [-0.4, -0.2) is 23.9 Å². The predicted octanol–water partition coefficient (Wildman–Crippen LogP) is 3.97. The molecule has 1 fully saturated rings. The molecule has 1 aromatic rings. The first-order valence-electron chi connectivity index (χ1n) is 6.21. The number of thioether (sulfide) groups is 1. The van der Waals surface area contributed by atoms with Gasteiger partial charge in [-0.3, -0.25) is 0 Å². The summed E-state index contributed by atoms with van der Waals surface area (Å²) in [4.78, 5) is 0. The molecule has 2 nitrogen and oxygen atoms in total. The quantitative estimate of drug-likeness (QED) is 0.823. The van der Waals surface area contributed by atoms with Crippen LogP contribution in [0.5, 0.6) is 5.75 Å². The fraction of sp³-hybridized carbons (Fsp3) is 0.467. The van der Waals surface area contributed by atoms with Gasteiger partial charge in [0.15, 0.2) is 0 Å². The van der Waals surface area contributed by atoms with Crippen molar-refractivity contribution in [3.05, 3.63) is 35.9 Å². The summed E-state index contributed by atoms with van der Waals surface area (Å²) in [5, 5.41) is 0. The third kappa shape index (κ3) is 3.79.